The highest BCUT2D eigenvalue weighted by Crippen LogP contribution is 2.40. The number of para-hydroxylation sites is 1. The molecule has 0 radical (unpaired) electrons. The maximum Gasteiger partial charge on any atom is 0.146 e. The first-order valence-corrected chi connectivity index (χ1v) is 4.56. The number of aldehydes is 2. The van der Waals surface area contributed by atoms with Crippen molar-refractivity contribution in [3.63, 3.8) is 0 Å². The highest BCUT2D eigenvalue weighted by molar-refractivity contribution is 5.87. The molecular weight excluding hydrogens is 197 g/mol. The van der Waals surface area contributed by atoms with Crippen LogP contribution in [0.2, 0.25) is 0 Å². The Labute approximate surface area is 87.1 Å². The molecule has 0 heterocycles. The number of carbonyl (C=O) groups excluding carboxylic acids is 2. The third-order valence-electron chi connectivity index (χ3n) is 2.20. The van der Waals surface area contributed by atoms with E-state index in [-0.39, 0.29) is 11.5 Å². The minimum atomic E-state index is -0.528. The van der Waals surface area contributed by atoms with E-state index < -0.39 is 5.41 Å². The quantitative estimate of drug-likeness (QED) is 0.457. The number of rotatable bonds is 2. The van der Waals surface area contributed by atoms with Gasteiger partial charge in [-0.15, -0.1) is 0 Å². The highest BCUT2D eigenvalue weighted by Gasteiger charge is 2.42. The maximum atomic E-state index is 12.2. The van der Waals surface area contributed by atoms with Gasteiger partial charge in [0.05, 0.1) is 11.1 Å². The van der Waals surface area contributed by atoms with E-state index in [0.29, 0.717) is 0 Å². The molecule has 1 aliphatic carbocycles. The second-order valence-electron chi connectivity index (χ2n) is 3.49. The van der Waals surface area contributed by atoms with Crippen molar-refractivity contribution in [2.45, 2.75) is 12.8 Å². The summed E-state index contributed by atoms with van der Waals surface area (Å²) >= 11 is 0. The lowest BCUT2D eigenvalue weighted by Gasteiger charge is -1.89. The van der Waals surface area contributed by atoms with Gasteiger partial charge in [0.25, 0.3) is 0 Å². The first-order chi connectivity index (χ1) is 7.13. The zero-order valence-electron chi connectivity index (χ0n) is 8.15. The average molecular weight is 209 g/mol. The molecule has 2 rings (SSSR count). The van der Waals surface area contributed by atoms with E-state index in [2.05, 4.69) is 0 Å². The molecule has 0 saturated heterocycles. The van der Waals surface area contributed by atoms with Gasteiger partial charge in [-0.05, 0) is 25.0 Å². The Morgan fingerprint density at radius 2 is 1.73 bits per heavy atom. The number of hydrogen-bond donors (Lipinski definition) is 1. The van der Waals surface area contributed by atoms with Gasteiger partial charge in [0.15, 0.2) is 0 Å². The Hall–Kier alpha value is -1.71. The SMILES string of the molecule is Nc1ccccc1F.O=CC1(C=O)CC1. The van der Waals surface area contributed by atoms with Crippen molar-refractivity contribution in [3.05, 3.63) is 30.1 Å². The van der Waals surface area contributed by atoms with E-state index in [9.17, 15) is 14.0 Å². The summed E-state index contributed by atoms with van der Waals surface area (Å²) in [4.78, 5) is 19.8. The van der Waals surface area contributed by atoms with Gasteiger partial charge < -0.3 is 15.3 Å². The van der Waals surface area contributed by atoms with Crippen LogP contribution in [0.15, 0.2) is 24.3 Å². The summed E-state index contributed by atoms with van der Waals surface area (Å²) in [7, 11) is 0. The second kappa shape index (κ2) is 4.68. The van der Waals surface area contributed by atoms with Crippen molar-refractivity contribution >= 4 is 18.3 Å². The molecule has 0 aliphatic heterocycles. The number of carbonyl (C=O) groups is 2. The molecule has 15 heavy (non-hydrogen) atoms. The molecule has 1 aromatic carbocycles. The predicted octanol–water partition coefficient (Wildman–Crippen LogP) is 1.57. The van der Waals surface area contributed by atoms with Gasteiger partial charge in [0.2, 0.25) is 0 Å². The monoisotopic (exact) mass is 209 g/mol. The van der Waals surface area contributed by atoms with E-state index in [1.54, 1.807) is 12.1 Å². The van der Waals surface area contributed by atoms with Gasteiger partial charge in [-0.1, -0.05) is 12.1 Å². The van der Waals surface area contributed by atoms with Gasteiger partial charge in [-0.25, -0.2) is 4.39 Å². The molecule has 0 aromatic heterocycles. The summed E-state index contributed by atoms with van der Waals surface area (Å²) in [6.45, 7) is 0. The van der Waals surface area contributed by atoms with Crippen LogP contribution in [-0.2, 0) is 9.59 Å². The Morgan fingerprint density at radius 1 is 1.20 bits per heavy atom. The fraction of sp³-hybridized carbons (Fsp3) is 0.273. The topological polar surface area (TPSA) is 60.2 Å². The van der Waals surface area contributed by atoms with Gasteiger partial charge in [0, 0.05) is 0 Å². The van der Waals surface area contributed by atoms with Crippen LogP contribution < -0.4 is 5.73 Å². The smallest absolute Gasteiger partial charge is 0.146 e. The molecule has 0 spiro atoms. The van der Waals surface area contributed by atoms with Gasteiger partial charge in [-0.3, -0.25) is 0 Å². The number of nitrogen functional groups attached to an aromatic ring is 1. The maximum absolute atomic E-state index is 12.2. The molecule has 4 heteroatoms. The summed E-state index contributed by atoms with van der Waals surface area (Å²) in [5.74, 6) is -0.354. The van der Waals surface area contributed by atoms with Crippen molar-refractivity contribution in [1.82, 2.24) is 0 Å². The zero-order chi connectivity index (χ0) is 11.3. The first-order valence-electron chi connectivity index (χ1n) is 4.56. The minimum Gasteiger partial charge on any atom is -0.396 e. The Kier molecular flexibility index (Phi) is 3.55. The second-order valence-corrected chi connectivity index (χ2v) is 3.49. The molecule has 1 fully saturated rings. The van der Waals surface area contributed by atoms with E-state index in [4.69, 9.17) is 5.73 Å². The van der Waals surface area contributed by atoms with Gasteiger partial charge in [0.1, 0.15) is 18.4 Å². The molecule has 80 valence electrons. The van der Waals surface area contributed by atoms with Crippen LogP contribution >= 0.6 is 0 Å². The Morgan fingerprint density at radius 3 is 1.93 bits per heavy atom. The summed E-state index contributed by atoms with van der Waals surface area (Å²) in [5, 5.41) is 0. The summed E-state index contributed by atoms with van der Waals surface area (Å²) in [6, 6.07) is 6.15. The van der Waals surface area contributed by atoms with Crippen LogP contribution in [-0.4, -0.2) is 12.6 Å². The molecule has 1 saturated carbocycles. The predicted molar refractivity (Wildman–Crippen MR) is 54.6 cm³/mol. The summed E-state index contributed by atoms with van der Waals surface area (Å²) in [6.07, 6.45) is 3.00. The molecule has 0 unspecified atom stereocenters. The van der Waals surface area contributed by atoms with E-state index in [0.717, 1.165) is 25.4 Å². The summed E-state index contributed by atoms with van der Waals surface area (Å²) < 4.78 is 12.2. The van der Waals surface area contributed by atoms with Crippen molar-refractivity contribution < 1.29 is 14.0 Å². The lowest BCUT2D eigenvalue weighted by atomic mass is 10.2. The van der Waals surface area contributed by atoms with Crippen LogP contribution in [0.4, 0.5) is 10.1 Å². The Balaban J connectivity index is 0.000000151. The van der Waals surface area contributed by atoms with Gasteiger partial charge >= 0.3 is 0 Å². The van der Waals surface area contributed by atoms with Crippen LogP contribution in [0.5, 0.6) is 0 Å². The molecule has 0 atom stereocenters. The van der Waals surface area contributed by atoms with Crippen LogP contribution in [0.25, 0.3) is 0 Å². The number of benzene rings is 1. The van der Waals surface area contributed by atoms with Crippen LogP contribution in [0.1, 0.15) is 12.8 Å². The van der Waals surface area contributed by atoms with E-state index in [1.807, 2.05) is 0 Å². The molecule has 2 N–H and O–H groups in total. The molecule has 3 nitrogen and oxygen atoms in total. The lowest BCUT2D eigenvalue weighted by molar-refractivity contribution is -0.120. The van der Waals surface area contributed by atoms with Crippen molar-refractivity contribution in [2.24, 2.45) is 5.41 Å². The number of anilines is 1. The number of halogens is 1. The molecule has 1 aliphatic rings. The third-order valence-corrected chi connectivity index (χ3v) is 2.20. The van der Waals surface area contributed by atoms with E-state index in [1.165, 1.54) is 12.1 Å². The zero-order valence-corrected chi connectivity index (χ0v) is 8.15. The lowest BCUT2D eigenvalue weighted by Crippen LogP contribution is -2.01. The molecular formula is C11H12FNO2. The average Bonchev–Trinajstić information content (AvgIpc) is 3.04. The summed E-state index contributed by atoms with van der Waals surface area (Å²) in [5.41, 5.74) is 4.82. The van der Waals surface area contributed by atoms with Crippen molar-refractivity contribution in [3.8, 4) is 0 Å². The van der Waals surface area contributed by atoms with Gasteiger partial charge in [-0.2, -0.15) is 0 Å². The van der Waals surface area contributed by atoms with Crippen molar-refractivity contribution in [2.75, 3.05) is 5.73 Å². The number of nitrogens with two attached hydrogens (primary N) is 1. The standard InChI is InChI=1S/C6H6FN.C5H6O2/c7-5-3-1-2-4-6(5)8;6-3-5(4-7)1-2-5/h1-4H,8H2;3-4H,1-2H2. The minimum absolute atomic E-state index is 0.201. The third kappa shape index (κ3) is 3.16. The highest BCUT2D eigenvalue weighted by atomic mass is 19.1. The normalized spacial score (nSPS) is 15.8. The van der Waals surface area contributed by atoms with E-state index >= 15 is 0 Å². The number of hydrogen-bond acceptors (Lipinski definition) is 3. The molecule has 0 bridgehead atoms. The molecule has 1 aromatic rings. The van der Waals surface area contributed by atoms with Crippen molar-refractivity contribution in [1.29, 1.82) is 0 Å². The first kappa shape index (κ1) is 11.4. The fourth-order valence-corrected chi connectivity index (χ4v) is 0.883. The molecule has 0 amide bonds. The van der Waals surface area contributed by atoms with Crippen LogP contribution in [0.3, 0.4) is 0 Å². The Bertz CT molecular complexity index is 330. The largest absolute Gasteiger partial charge is 0.396 e. The van der Waals surface area contributed by atoms with Crippen LogP contribution in [0, 0.1) is 11.2 Å². The fourth-order valence-electron chi connectivity index (χ4n) is 0.883.